The maximum absolute atomic E-state index is 12.2. The molecule has 0 radical (unpaired) electrons. The van der Waals surface area contributed by atoms with E-state index in [1.165, 1.54) is 19.8 Å². The van der Waals surface area contributed by atoms with Crippen molar-refractivity contribution in [2.75, 3.05) is 31.9 Å². The van der Waals surface area contributed by atoms with E-state index in [2.05, 4.69) is 22.8 Å². The SMILES string of the molecule is CC(=O)NC(CS)C(=O)N1CCN(C2CC2)CC1. The molecule has 0 aromatic rings. The first-order chi connectivity index (χ1) is 8.61. The zero-order valence-corrected chi connectivity index (χ0v) is 11.7. The van der Waals surface area contributed by atoms with E-state index in [0.717, 1.165) is 32.2 Å². The fourth-order valence-corrected chi connectivity index (χ4v) is 2.65. The molecule has 2 amide bonds. The first-order valence-corrected chi connectivity index (χ1v) is 7.16. The van der Waals surface area contributed by atoms with E-state index < -0.39 is 6.04 Å². The van der Waals surface area contributed by atoms with Crippen molar-refractivity contribution in [2.45, 2.75) is 31.8 Å². The number of carbonyl (C=O) groups is 2. The number of nitrogens with one attached hydrogen (secondary N) is 1. The van der Waals surface area contributed by atoms with Gasteiger partial charge in [0.15, 0.2) is 0 Å². The molecule has 0 aromatic heterocycles. The minimum Gasteiger partial charge on any atom is -0.344 e. The lowest BCUT2D eigenvalue weighted by molar-refractivity contribution is -0.137. The normalized spacial score (nSPS) is 22.7. The summed E-state index contributed by atoms with van der Waals surface area (Å²) >= 11 is 4.14. The van der Waals surface area contributed by atoms with Crippen LogP contribution < -0.4 is 5.32 Å². The molecule has 1 unspecified atom stereocenters. The molecule has 102 valence electrons. The molecule has 2 aliphatic rings. The number of hydrogen-bond acceptors (Lipinski definition) is 4. The van der Waals surface area contributed by atoms with E-state index in [-0.39, 0.29) is 11.8 Å². The van der Waals surface area contributed by atoms with Crippen LogP contribution in [-0.4, -0.2) is 65.6 Å². The zero-order chi connectivity index (χ0) is 13.1. The Morgan fingerprint density at radius 2 is 1.89 bits per heavy atom. The molecule has 1 saturated heterocycles. The van der Waals surface area contributed by atoms with Crippen molar-refractivity contribution in [1.82, 2.24) is 15.1 Å². The average Bonchev–Trinajstić information content (AvgIpc) is 3.19. The van der Waals surface area contributed by atoms with Gasteiger partial charge in [0.2, 0.25) is 11.8 Å². The molecule has 1 atom stereocenters. The van der Waals surface area contributed by atoms with Crippen LogP contribution in [-0.2, 0) is 9.59 Å². The molecule has 1 aliphatic heterocycles. The van der Waals surface area contributed by atoms with Crippen LogP contribution in [0.1, 0.15) is 19.8 Å². The number of nitrogens with zero attached hydrogens (tertiary/aromatic N) is 2. The van der Waals surface area contributed by atoms with E-state index in [0.29, 0.717) is 5.75 Å². The number of piperazine rings is 1. The lowest BCUT2D eigenvalue weighted by Crippen LogP contribution is -2.55. The minimum absolute atomic E-state index is 0.00403. The summed E-state index contributed by atoms with van der Waals surface area (Å²) < 4.78 is 0. The Morgan fingerprint density at radius 1 is 1.28 bits per heavy atom. The van der Waals surface area contributed by atoms with Crippen LogP contribution in [0.25, 0.3) is 0 Å². The quantitative estimate of drug-likeness (QED) is 0.692. The summed E-state index contributed by atoms with van der Waals surface area (Å²) in [6, 6.07) is 0.275. The van der Waals surface area contributed by atoms with Gasteiger partial charge in [0.05, 0.1) is 0 Å². The van der Waals surface area contributed by atoms with E-state index >= 15 is 0 Å². The maximum Gasteiger partial charge on any atom is 0.246 e. The summed E-state index contributed by atoms with van der Waals surface area (Å²) in [7, 11) is 0. The molecular formula is C12H21N3O2S. The van der Waals surface area contributed by atoms with Crippen LogP contribution >= 0.6 is 12.6 Å². The van der Waals surface area contributed by atoms with Crippen LogP contribution in [0.5, 0.6) is 0 Å². The Balaban J connectivity index is 1.83. The van der Waals surface area contributed by atoms with Crippen LogP contribution in [0.3, 0.4) is 0 Å². The molecule has 2 fully saturated rings. The standard InChI is InChI=1S/C12H21N3O2S/c1-9(16)13-11(8-18)12(17)15-6-4-14(5-7-15)10-2-3-10/h10-11,18H,2-8H2,1H3,(H,13,16). The Bertz CT molecular complexity index is 325. The summed E-state index contributed by atoms with van der Waals surface area (Å²) in [5.74, 6) is 0.163. The summed E-state index contributed by atoms with van der Waals surface area (Å²) in [5.41, 5.74) is 0. The third-order valence-corrected chi connectivity index (χ3v) is 3.91. The highest BCUT2D eigenvalue weighted by Crippen LogP contribution is 2.27. The Labute approximate surface area is 113 Å². The minimum atomic E-state index is -0.488. The average molecular weight is 271 g/mol. The van der Waals surface area contributed by atoms with Gasteiger partial charge in [-0.05, 0) is 12.8 Å². The highest BCUT2D eigenvalue weighted by atomic mass is 32.1. The lowest BCUT2D eigenvalue weighted by Gasteiger charge is -2.36. The molecule has 2 rings (SSSR count). The fourth-order valence-electron chi connectivity index (χ4n) is 2.40. The molecule has 6 heteroatoms. The first-order valence-electron chi connectivity index (χ1n) is 6.52. The zero-order valence-electron chi connectivity index (χ0n) is 10.8. The molecule has 1 N–H and O–H groups in total. The van der Waals surface area contributed by atoms with Gasteiger partial charge in [-0.1, -0.05) is 0 Å². The highest BCUT2D eigenvalue weighted by molar-refractivity contribution is 7.80. The van der Waals surface area contributed by atoms with Gasteiger partial charge >= 0.3 is 0 Å². The molecule has 18 heavy (non-hydrogen) atoms. The molecular weight excluding hydrogens is 250 g/mol. The van der Waals surface area contributed by atoms with Crippen molar-refractivity contribution in [3.63, 3.8) is 0 Å². The van der Waals surface area contributed by atoms with Gasteiger partial charge in [-0.25, -0.2) is 0 Å². The van der Waals surface area contributed by atoms with Crippen LogP contribution in [0.2, 0.25) is 0 Å². The smallest absolute Gasteiger partial charge is 0.246 e. The van der Waals surface area contributed by atoms with E-state index in [9.17, 15) is 9.59 Å². The molecule has 0 bridgehead atoms. The molecule has 1 heterocycles. The number of hydrogen-bond donors (Lipinski definition) is 2. The van der Waals surface area contributed by atoms with Crippen molar-refractivity contribution in [3.05, 3.63) is 0 Å². The molecule has 1 saturated carbocycles. The van der Waals surface area contributed by atoms with E-state index in [4.69, 9.17) is 0 Å². The van der Waals surface area contributed by atoms with Crippen molar-refractivity contribution in [2.24, 2.45) is 0 Å². The summed E-state index contributed by atoms with van der Waals surface area (Å²) in [4.78, 5) is 27.5. The third kappa shape index (κ3) is 3.38. The van der Waals surface area contributed by atoms with E-state index in [1.54, 1.807) is 0 Å². The van der Waals surface area contributed by atoms with Gasteiger partial charge in [-0.2, -0.15) is 12.6 Å². The second-order valence-electron chi connectivity index (χ2n) is 5.03. The van der Waals surface area contributed by atoms with Crippen molar-refractivity contribution in [1.29, 1.82) is 0 Å². The van der Waals surface area contributed by atoms with Crippen molar-refractivity contribution >= 4 is 24.4 Å². The second kappa shape index (κ2) is 5.93. The lowest BCUT2D eigenvalue weighted by atomic mass is 10.2. The predicted molar refractivity (Wildman–Crippen MR) is 72.6 cm³/mol. The van der Waals surface area contributed by atoms with Gasteiger partial charge in [0.25, 0.3) is 0 Å². The van der Waals surface area contributed by atoms with Crippen LogP contribution in [0.15, 0.2) is 0 Å². The Hall–Kier alpha value is -0.750. The number of amides is 2. The first kappa shape index (κ1) is 13.7. The van der Waals surface area contributed by atoms with Crippen molar-refractivity contribution in [3.8, 4) is 0 Å². The molecule has 1 aliphatic carbocycles. The van der Waals surface area contributed by atoms with Gasteiger partial charge in [-0.15, -0.1) is 0 Å². The fraction of sp³-hybridized carbons (Fsp3) is 0.833. The third-order valence-electron chi connectivity index (χ3n) is 3.55. The Kier molecular flexibility index (Phi) is 4.50. The van der Waals surface area contributed by atoms with Gasteiger partial charge in [-0.3, -0.25) is 14.5 Å². The largest absolute Gasteiger partial charge is 0.344 e. The molecule has 0 spiro atoms. The van der Waals surface area contributed by atoms with Crippen LogP contribution in [0, 0.1) is 0 Å². The predicted octanol–water partition coefficient (Wildman–Crippen LogP) is -0.272. The monoisotopic (exact) mass is 271 g/mol. The van der Waals surface area contributed by atoms with Gasteiger partial charge < -0.3 is 10.2 Å². The maximum atomic E-state index is 12.2. The van der Waals surface area contributed by atoms with Crippen molar-refractivity contribution < 1.29 is 9.59 Å². The summed E-state index contributed by atoms with van der Waals surface area (Å²) in [5, 5.41) is 2.65. The van der Waals surface area contributed by atoms with Gasteiger partial charge in [0, 0.05) is 44.9 Å². The molecule has 0 aromatic carbocycles. The topological polar surface area (TPSA) is 52.7 Å². The van der Waals surface area contributed by atoms with E-state index in [1.807, 2.05) is 4.90 Å². The summed E-state index contributed by atoms with van der Waals surface area (Å²) in [6.07, 6.45) is 2.61. The van der Waals surface area contributed by atoms with Crippen LogP contribution in [0.4, 0.5) is 0 Å². The molecule has 5 nitrogen and oxygen atoms in total. The summed E-state index contributed by atoms with van der Waals surface area (Å²) in [6.45, 7) is 4.86. The number of carbonyl (C=O) groups excluding carboxylic acids is 2. The van der Waals surface area contributed by atoms with Gasteiger partial charge in [0.1, 0.15) is 6.04 Å². The number of thiol groups is 1. The Morgan fingerprint density at radius 3 is 2.33 bits per heavy atom. The second-order valence-corrected chi connectivity index (χ2v) is 5.39. The highest BCUT2D eigenvalue weighted by Gasteiger charge is 2.33. The number of rotatable bonds is 4.